The lowest BCUT2D eigenvalue weighted by atomic mass is 9.79. The van der Waals surface area contributed by atoms with Crippen LogP contribution in [0.5, 0.6) is 0 Å². The number of amides is 1. The highest BCUT2D eigenvalue weighted by molar-refractivity contribution is 5.81. The fraction of sp³-hybridized carbons (Fsp3) is 0.950. The molecule has 26 heavy (non-hydrogen) atoms. The van der Waals surface area contributed by atoms with Crippen LogP contribution in [0.3, 0.4) is 0 Å². The normalized spacial score (nSPS) is 28.4. The number of nitrogens with zero attached hydrogens (tertiary/aromatic N) is 1. The summed E-state index contributed by atoms with van der Waals surface area (Å²) in [4.78, 5) is 15.3. The van der Waals surface area contributed by atoms with Crippen molar-refractivity contribution in [2.75, 3.05) is 39.5 Å². The van der Waals surface area contributed by atoms with Gasteiger partial charge in [0, 0.05) is 38.4 Å². The molecular formula is C20H37N3O3. The molecule has 2 heterocycles. The van der Waals surface area contributed by atoms with Crippen LogP contribution >= 0.6 is 0 Å². The van der Waals surface area contributed by atoms with Crippen molar-refractivity contribution in [1.29, 1.82) is 0 Å². The molecule has 150 valence electrons. The van der Waals surface area contributed by atoms with Crippen LogP contribution < -0.4 is 11.1 Å². The number of hydrogen-bond acceptors (Lipinski definition) is 5. The molecule has 6 heteroatoms. The lowest BCUT2D eigenvalue weighted by Crippen LogP contribution is -2.63. The van der Waals surface area contributed by atoms with E-state index in [0.29, 0.717) is 6.54 Å². The van der Waals surface area contributed by atoms with E-state index < -0.39 is 6.04 Å². The van der Waals surface area contributed by atoms with Crippen molar-refractivity contribution in [3.05, 3.63) is 0 Å². The molecule has 0 aromatic heterocycles. The molecule has 1 aliphatic carbocycles. The Balaban J connectivity index is 1.62. The number of carbonyl (C=O) groups excluding carboxylic acids is 1. The van der Waals surface area contributed by atoms with Crippen molar-refractivity contribution in [1.82, 2.24) is 10.2 Å². The molecule has 2 saturated heterocycles. The Morgan fingerprint density at radius 3 is 2.54 bits per heavy atom. The van der Waals surface area contributed by atoms with Gasteiger partial charge in [-0.1, -0.05) is 19.3 Å². The molecule has 1 amide bonds. The van der Waals surface area contributed by atoms with Crippen molar-refractivity contribution >= 4 is 5.91 Å². The molecule has 1 saturated carbocycles. The van der Waals surface area contributed by atoms with E-state index in [1.54, 1.807) is 0 Å². The number of carbonyl (C=O) groups is 1. The van der Waals surface area contributed by atoms with Crippen LogP contribution in [0.2, 0.25) is 0 Å². The lowest BCUT2D eigenvalue weighted by molar-refractivity contribution is -0.131. The van der Waals surface area contributed by atoms with Gasteiger partial charge in [-0.3, -0.25) is 9.69 Å². The standard InChI is InChI=1S/C20H37N3O3/c1-19(2)15-23(10-13-26-19)20(8-4-3-5-9-20)14-22-18(24)17(21)16-6-11-25-12-7-16/h16-17H,3-15,21H2,1-2H3,(H,22,24). The Labute approximate surface area is 158 Å². The van der Waals surface area contributed by atoms with Gasteiger partial charge >= 0.3 is 0 Å². The highest BCUT2D eigenvalue weighted by atomic mass is 16.5. The highest BCUT2D eigenvalue weighted by Gasteiger charge is 2.42. The van der Waals surface area contributed by atoms with E-state index in [4.69, 9.17) is 15.2 Å². The van der Waals surface area contributed by atoms with Crippen molar-refractivity contribution in [2.24, 2.45) is 11.7 Å². The van der Waals surface area contributed by atoms with Crippen LogP contribution in [-0.4, -0.2) is 67.4 Å². The van der Waals surface area contributed by atoms with E-state index in [1.165, 1.54) is 19.3 Å². The van der Waals surface area contributed by atoms with E-state index in [9.17, 15) is 4.79 Å². The second-order valence-corrected chi connectivity index (χ2v) is 9.01. The number of nitrogens with one attached hydrogen (secondary N) is 1. The Bertz CT molecular complexity index is 471. The summed E-state index contributed by atoms with van der Waals surface area (Å²) in [6.07, 6.45) is 7.84. The number of nitrogens with two attached hydrogens (primary N) is 1. The molecule has 3 rings (SSSR count). The zero-order chi connectivity index (χ0) is 18.6. The third kappa shape index (κ3) is 4.77. The van der Waals surface area contributed by atoms with Gasteiger partial charge in [0.25, 0.3) is 0 Å². The van der Waals surface area contributed by atoms with Crippen LogP contribution in [0.25, 0.3) is 0 Å². The van der Waals surface area contributed by atoms with Crippen LogP contribution in [0.1, 0.15) is 58.8 Å². The summed E-state index contributed by atoms with van der Waals surface area (Å²) < 4.78 is 11.3. The molecule has 1 unspecified atom stereocenters. The first-order chi connectivity index (χ1) is 12.4. The predicted molar refractivity (Wildman–Crippen MR) is 102 cm³/mol. The molecule has 6 nitrogen and oxygen atoms in total. The third-order valence-electron chi connectivity index (χ3n) is 6.55. The van der Waals surface area contributed by atoms with Gasteiger partial charge in [0.15, 0.2) is 0 Å². The summed E-state index contributed by atoms with van der Waals surface area (Å²) in [6, 6.07) is -0.416. The van der Waals surface area contributed by atoms with Crippen molar-refractivity contribution in [3.63, 3.8) is 0 Å². The molecule has 3 aliphatic rings. The van der Waals surface area contributed by atoms with Crippen molar-refractivity contribution < 1.29 is 14.3 Å². The Morgan fingerprint density at radius 2 is 1.88 bits per heavy atom. The minimum absolute atomic E-state index is 0.00867. The van der Waals surface area contributed by atoms with E-state index in [2.05, 4.69) is 24.1 Å². The Kier molecular flexibility index (Phi) is 6.59. The summed E-state index contributed by atoms with van der Waals surface area (Å²) in [7, 11) is 0. The summed E-state index contributed by atoms with van der Waals surface area (Å²) >= 11 is 0. The van der Waals surface area contributed by atoms with E-state index in [1.807, 2.05) is 0 Å². The fourth-order valence-corrected chi connectivity index (χ4v) is 4.89. The van der Waals surface area contributed by atoms with E-state index in [0.717, 1.165) is 58.6 Å². The van der Waals surface area contributed by atoms with E-state index in [-0.39, 0.29) is 23.0 Å². The first-order valence-corrected chi connectivity index (χ1v) is 10.4. The molecule has 0 radical (unpaired) electrons. The maximum Gasteiger partial charge on any atom is 0.237 e. The average molecular weight is 368 g/mol. The quantitative estimate of drug-likeness (QED) is 0.773. The Hall–Kier alpha value is -0.690. The van der Waals surface area contributed by atoms with Gasteiger partial charge in [0.1, 0.15) is 0 Å². The molecular weight excluding hydrogens is 330 g/mol. The molecule has 0 spiro atoms. The number of ether oxygens (including phenoxy) is 2. The molecule has 0 bridgehead atoms. The molecule has 1 atom stereocenters. The SMILES string of the molecule is CC1(C)CN(C2(CNC(=O)C(N)C3CCOCC3)CCCCC2)CCO1. The van der Waals surface area contributed by atoms with Gasteiger partial charge in [0.05, 0.1) is 18.2 Å². The molecule has 0 aromatic rings. The van der Waals surface area contributed by atoms with Gasteiger partial charge in [-0.15, -0.1) is 0 Å². The maximum absolute atomic E-state index is 12.7. The third-order valence-corrected chi connectivity index (χ3v) is 6.55. The smallest absolute Gasteiger partial charge is 0.237 e. The molecule has 3 N–H and O–H groups in total. The molecule has 3 fully saturated rings. The van der Waals surface area contributed by atoms with Gasteiger partial charge in [-0.05, 0) is 45.4 Å². The molecule has 0 aromatic carbocycles. The summed E-state index contributed by atoms with van der Waals surface area (Å²) in [5.41, 5.74) is 6.21. The second kappa shape index (κ2) is 8.55. The van der Waals surface area contributed by atoms with Crippen molar-refractivity contribution in [3.8, 4) is 0 Å². The van der Waals surface area contributed by atoms with Gasteiger partial charge in [0.2, 0.25) is 5.91 Å². The largest absolute Gasteiger partial charge is 0.381 e. The number of morpholine rings is 1. The van der Waals surface area contributed by atoms with Gasteiger partial charge < -0.3 is 20.5 Å². The lowest BCUT2D eigenvalue weighted by Gasteiger charge is -2.51. The average Bonchev–Trinajstić information content (AvgIpc) is 2.66. The summed E-state index contributed by atoms with van der Waals surface area (Å²) in [5.74, 6) is 0.253. The zero-order valence-corrected chi connectivity index (χ0v) is 16.6. The van der Waals surface area contributed by atoms with Crippen LogP contribution in [-0.2, 0) is 14.3 Å². The molecule has 2 aliphatic heterocycles. The van der Waals surface area contributed by atoms with Crippen molar-refractivity contribution in [2.45, 2.75) is 76.0 Å². The minimum atomic E-state index is -0.416. The van der Waals surface area contributed by atoms with Gasteiger partial charge in [-0.25, -0.2) is 0 Å². The second-order valence-electron chi connectivity index (χ2n) is 9.01. The first-order valence-electron chi connectivity index (χ1n) is 10.4. The maximum atomic E-state index is 12.7. The van der Waals surface area contributed by atoms with Crippen LogP contribution in [0.15, 0.2) is 0 Å². The fourth-order valence-electron chi connectivity index (χ4n) is 4.89. The predicted octanol–water partition coefficient (Wildman–Crippen LogP) is 1.67. The van der Waals surface area contributed by atoms with E-state index >= 15 is 0 Å². The summed E-state index contributed by atoms with van der Waals surface area (Å²) in [6.45, 7) is 9.12. The first kappa shape index (κ1) is 20.1. The zero-order valence-electron chi connectivity index (χ0n) is 16.6. The minimum Gasteiger partial charge on any atom is -0.381 e. The Morgan fingerprint density at radius 1 is 1.19 bits per heavy atom. The van der Waals surface area contributed by atoms with Crippen LogP contribution in [0.4, 0.5) is 0 Å². The topological polar surface area (TPSA) is 76.8 Å². The van der Waals surface area contributed by atoms with Crippen LogP contribution in [0, 0.1) is 5.92 Å². The monoisotopic (exact) mass is 367 g/mol. The van der Waals surface area contributed by atoms with Gasteiger partial charge in [-0.2, -0.15) is 0 Å². The summed E-state index contributed by atoms with van der Waals surface area (Å²) in [5, 5.41) is 3.23. The number of rotatable bonds is 5. The number of hydrogen-bond donors (Lipinski definition) is 2. The highest BCUT2D eigenvalue weighted by Crippen LogP contribution is 2.36.